The van der Waals surface area contributed by atoms with Crippen molar-refractivity contribution in [2.24, 2.45) is 0 Å². The van der Waals surface area contributed by atoms with Gasteiger partial charge >= 0.3 is 0 Å². The lowest BCUT2D eigenvalue weighted by Crippen LogP contribution is -1.95. The molecule has 0 bridgehead atoms. The third-order valence-electron chi connectivity index (χ3n) is 3.64. The summed E-state index contributed by atoms with van der Waals surface area (Å²) in [5.41, 5.74) is 2.99. The van der Waals surface area contributed by atoms with Gasteiger partial charge in [0.05, 0.1) is 19.7 Å². The number of ether oxygens (including phenoxy) is 2. The summed E-state index contributed by atoms with van der Waals surface area (Å²) >= 11 is 6.31. The number of hydrogen-bond acceptors (Lipinski definition) is 4. The first-order chi connectivity index (χ1) is 11.6. The molecule has 0 spiro atoms. The van der Waals surface area contributed by atoms with Crippen LogP contribution in [0.2, 0.25) is 5.15 Å². The maximum absolute atomic E-state index is 6.31. The van der Waals surface area contributed by atoms with Gasteiger partial charge in [-0.1, -0.05) is 47.5 Å². The van der Waals surface area contributed by atoms with E-state index < -0.39 is 0 Å². The zero-order valence-electron chi connectivity index (χ0n) is 13.7. The summed E-state index contributed by atoms with van der Waals surface area (Å²) in [6.45, 7) is 2.06. The number of aromatic nitrogens is 2. The lowest BCUT2D eigenvalue weighted by atomic mass is 10.1. The Morgan fingerprint density at radius 2 is 1.71 bits per heavy atom. The molecule has 0 unspecified atom stereocenters. The molecule has 3 rings (SSSR count). The van der Waals surface area contributed by atoms with Crippen molar-refractivity contribution in [2.75, 3.05) is 14.2 Å². The fourth-order valence-corrected chi connectivity index (χ4v) is 2.69. The average Bonchev–Trinajstić information content (AvgIpc) is 2.59. The van der Waals surface area contributed by atoms with E-state index in [4.69, 9.17) is 21.1 Å². The Labute approximate surface area is 145 Å². The summed E-state index contributed by atoms with van der Waals surface area (Å²) in [4.78, 5) is 8.88. The molecule has 5 heteroatoms. The van der Waals surface area contributed by atoms with Gasteiger partial charge in [-0.05, 0) is 24.6 Å². The smallest absolute Gasteiger partial charge is 0.162 e. The minimum absolute atomic E-state index is 0.379. The van der Waals surface area contributed by atoms with Crippen LogP contribution in [0.3, 0.4) is 0 Å². The van der Waals surface area contributed by atoms with Gasteiger partial charge in [-0.25, -0.2) is 9.97 Å². The van der Waals surface area contributed by atoms with E-state index in [1.165, 1.54) is 5.56 Å². The highest BCUT2D eigenvalue weighted by Gasteiger charge is 2.11. The molecular weight excluding hydrogens is 324 g/mol. The van der Waals surface area contributed by atoms with Crippen LogP contribution < -0.4 is 9.47 Å². The van der Waals surface area contributed by atoms with E-state index in [0.29, 0.717) is 28.0 Å². The van der Waals surface area contributed by atoms with Gasteiger partial charge in [0, 0.05) is 11.5 Å². The highest BCUT2D eigenvalue weighted by molar-refractivity contribution is 6.34. The van der Waals surface area contributed by atoms with Crippen LogP contribution >= 0.6 is 11.6 Å². The monoisotopic (exact) mass is 340 g/mol. The van der Waals surface area contributed by atoms with Gasteiger partial charge < -0.3 is 9.47 Å². The molecule has 0 fully saturated rings. The highest BCUT2D eigenvalue weighted by atomic mass is 35.5. The summed E-state index contributed by atoms with van der Waals surface area (Å²) in [5.74, 6) is 1.74. The fourth-order valence-electron chi connectivity index (χ4n) is 2.45. The van der Waals surface area contributed by atoms with Gasteiger partial charge in [0.25, 0.3) is 0 Å². The zero-order valence-corrected chi connectivity index (χ0v) is 14.5. The number of methoxy groups -OCH3 is 2. The van der Waals surface area contributed by atoms with Crippen molar-refractivity contribution in [3.8, 4) is 11.5 Å². The highest BCUT2D eigenvalue weighted by Crippen LogP contribution is 2.33. The standard InChI is InChI=1S/C19H17ClN2O2/c1-12-5-4-6-13(9-12)7-8-18-21-15-11-17(24-3)16(23-2)10-14(15)19(20)22-18/h4-11H,1-3H3. The number of halogens is 1. The van der Waals surface area contributed by atoms with Gasteiger partial charge in [0.1, 0.15) is 5.15 Å². The number of fused-ring (bicyclic) bond motifs is 1. The molecule has 0 aliphatic heterocycles. The first kappa shape index (κ1) is 16.3. The summed E-state index contributed by atoms with van der Waals surface area (Å²) in [6, 6.07) is 11.8. The third-order valence-corrected chi connectivity index (χ3v) is 3.93. The molecule has 0 amide bonds. The van der Waals surface area contributed by atoms with Gasteiger partial charge in [-0.3, -0.25) is 0 Å². The van der Waals surface area contributed by atoms with Gasteiger partial charge in [-0.15, -0.1) is 0 Å². The normalized spacial score (nSPS) is 11.2. The van der Waals surface area contributed by atoms with E-state index in [1.807, 2.05) is 24.3 Å². The van der Waals surface area contributed by atoms with Crippen LogP contribution in [0.5, 0.6) is 11.5 Å². The van der Waals surface area contributed by atoms with E-state index in [-0.39, 0.29) is 0 Å². The second-order valence-electron chi connectivity index (χ2n) is 5.34. The van der Waals surface area contributed by atoms with Crippen molar-refractivity contribution in [1.29, 1.82) is 0 Å². The molecule has 0 radical (unpaired) electrons. The minimum atomic E-state index is 0.379. The SMILES string of the molecule is COc1cc2nc(C=Cc3cccc(C)c3)nc(Cl)c2cc1OC. The van der Waals surface area contributed by atoms with Crippen molar-refractivity contribution in [3.63, 3.8) is 0 Å². The summed E-state index contributed by atoms with van der Waals surface area (Å²) in [6.07, 6.45) is 3.81. The number of aryl methyl sites for hydroxylation is 1. The largest absolute Gasteiger partial charge is 0.493 e. The van der Waals surface area contributed by atoms with Crippen molar-refractivity contribution in [1.82, 2.24) is 9.97 Å². The van der Waals surface area contributed by atoms with E-state index >= 15 is 0 Å². The topological polar surface area (TPSA) is 44.2 Å². The lowest BCUT2D eigenvalue weighted by molar-refractivity contribution is 0.356. The molecule has 0 aliphatic carbocycles. The quantitative estimate of drug-likeness (QED) is 0.641. The average molecular weight is 341 g/mol. The Balaban J connectivity index is 2.03. The minimum Gasteiger partial charge on any atom is -0.493 e. The molecule has 2 aromatic carbocycles. The van der Waals surface area contributed by atoms with Gasteiger partial charge in [0.15, 0.2) is 17.3 Å². The molecule has 24 heavy (non-hydrogen) atoms. The first-order valence-electron chi connectivity index (χ1n) is 7.44. The van der Waals surface area contributed by atoms with Crippen molar-refractivity contribution in [2.45, 2.75) is 6.92 Å². The number of rotatable bonds is 4. The molecule has 0 aliphatic rings. The first-order valence-corrected chi connectivity index (χ1v) is 7.82. The predicted octanol–water partition coefficient (Wildman–Crippen LogP) is 4.78. The Morgan fingerprint density at radius 1 is 0.958 bits per heavy atom. The number of nitrogens with zero attached hydrogens (tertiary/aromatic N) is 2. The summed E-state index contributed by atoms with van der Waals surface area (Å²) in [7, 11) is 3.17. The summed E-state index contributed by atoms with van der Waals surface area (Å²) in [5, 5.41) is 1.10. The van der Waals surface area contributed by atoms with Gasteiger partial charge in [-0.2, -0.15) is 0 Å². The predicted molar refractivity (Wildman–Crippen MR) is 97.8 cm³/mol. The second-order valence-corrected chi connectivity index (χ2v) is 5.70. The Morgan fingerprint density at radius 3 is 2.42 bits per heavy atom. The van der Waals surface area contributed by atoms with Crippen LogP contribution in [0.25, 0.3) is 23.1 Å². The molecule has 3 aromatic rings. The van der Waals surface area contributed by atoms with Crippen LogP contribution in [0.4, 0.5) is 0 Å². The molecule has 122 valence electrons. The maximum Gasteiger partial charge on any atom is 0.162 e. The number of benzene rings is 2. The third kappa shape index (κ3) is 3.34. The van der Waals surface area contributed by atoms with Crippen LogP contribution in [0.1, 0.15) is 17.0 Å². The molecule has 0 N–H and O–H groups in total. The molecular formula is C19H17ClN2O2. The maximum atomic E-state index is 6.31. The Hall–Kier alpha value is -2.59. The molecule has 1 heterocycles. The fraction of sp³-hybridized carbons (Fsp3) is 0.158. The Bertz CT molecular complexity index is 923. The van der Waals surface area contributed by atoms with E-state index in [0.717, 1.165) is 10.9 Å². The van der Waals surface area contributed by atoms with Crippen molar-refractivity contribution in [3.05, 3.63) is 58.5 Å². The number of hydrogen-bond donors (Lipinski definition) is 0. The van der Waals surface area contributed by atoms with Crippen LogP contribution in [0, 0.1) is 6.92 Å². The van der Waals surface area contributed by atoms with Crippen molar-refractivity contribution < 1.29 is 9.47 Å². The second kappa shape index (κ2) is 6.89. The van der Waals surface area contributed by atoms with Crippen molar-refractivity contribution >= 4 is 34.7 Å². The molecule has 4 nitrogen and oxygen atoms in total. The molecule has 0 atom stereocenters. The molecule has 0 saturated carbocycles. The van der Waals surface area contributed by atoms with Crippen LogP contribution in [-0.2, 0) is 0 Å². The van der Waals surface area contributed by atoms with E-state index in [2.05, 4.69) is 29.0 Å². The molecule has 0 saturated heterocycles. The van der Waals surface area contributed by atoms with E-state index in [1.54, 1.807) is 26.4 Å². The summed E-state index contributed by atoms with van der Waals surface area (Å²) < 4.78 is 10.6. The lowest BCUT2D eigenvalue weighted by Gasteiger charge is -2.09. The van der Waals surface area contributed by atoms with Gasteiger partial charge in [0.2, 0.25) is 0 Å². The van der Waals surface area contributed by atoms with Crippen LogP contribution in [0.15, 0.2) is 36.4 Å². The zero-order chi connectivity index (χ0) is 17.1. The molecule has 1 aromatic heterocycles. The van der Waals surface area contributed by atoms with Crippen LogP contribution in [-0.4, -0.2) is 24.2 Å². The Kier molecular flexibility index (Phi) is 4.67. The van der Waals surface area contributed by atoms with E-state index in [9.17, 15) is 0 Å².